The predicted molar refractivity (Wildman–Crippen MR) is 84.5 cm³/mol. The zero-order valence-corrected chi connectivity index (χ0v) is 13.5. The number of nitro benzene ring substituents is 1. The summed E-state index contributed by atoms with van der Waals surface area (Å²) >= 11 is 3.35. The molecule has 21 heavy (non-hydrogen) atoms. The van der Waals surface area contributed by atoms with Crippen molar-refractivity contribution in [1.82, 2.24) is 15.1 Å². The minimum Gasteiger partial charge on any atom is -0.311 e. The van der Waals surface area contributed by atoms with Crippen LogP contribution in [0.2, 0.25) is 0 Å². The Morgan fingerprint density at radius 3 is 2.81 bits per heavy atom. The molecule has 1 N–H and O–H groups in total. The topological polar surface area (TPSA) is 73.0 Å². The molecule has 1 heterocycles. The van der Waals surface area contributed by atoms with Crippen molar-refractivity contribution >= 4 is 21.6 Å². The third-order valence-corrected chi connectivity index (χ3v) is 3.53. The Kier molecular flexibility index (Phi) is 5.08. The van der Waals surface area contributed by atoms with Crippen molar-refractivity contribution < 1.29 is 4.92 Å². The second kappa shape index (κ2) is 6.82. The Bertz CT molecular complexity index is 640. The Balaban J connectivity index is 2.12. The summed E-state index contributed by atoms with van der Waals surface area (Å²) < 4.78 is 2.35. The standard InChI is InChI=1S/C14H17BrN4O2/c1-10(2)8-16-9-11-5-6-18(17-11)14-4-3-12(19(20)21)7-13(14)15/h3-7,10,16H,8-9H2,1-2H3. The molecule has 0 unspecified atom stereocenters. The van der Waals surface area contributed by atoms with E-state index in [1.807, 2.05) is 12.3 Å². The maximum atomic E-state index is 10.7. The fraction of sp³-hybridized carbons (Fsp3) is 0.357. The van der Waals surface area contributed by atoms with Crippen LogP contribution in [0, 0.1) is 16.0 Å². The summed E-state index contributed by atoms with van der Waals surface area (Å²) in [4.78, 5) is 10.3. The van der Waals surface area contributed by atoms with Gasteiger partial charge in [-0.05, 0) is 40.5 Å². The zero-order chi connectivity index (χ0) is 15.4. The first kappa shape index (κ1) is 15.7. The average Bonchev–Trinajstić information content (AvgIpc) is 2.86. The van der Waals surface area contributed by atoms with Gasteiger partial charge in [0.15, 0.2) is 0 Å². The second-order valence-electron chi connectivity index (χ2n) is 5.17. The highest BCUT2D eigenvalue weighted by Gasteiger charge is 2.11. The van der Waals surface area contributed by atoms with Gasteiger partial charge in [0, 0.05) is 24.9 Å². The number of non-ortho nitro benzene ring substituents is 1. The van der Waals surface area contributed by atoms with Crippen LogP contribution in [-0.4, -0.2) is 21.2 Å². The molecule has 0 atom stereocenters. The summed E-state index contributed by atoms with van der Waals surface area (Å²) in [5.74, 6) is 0.593. The van der Waals surface area contributed by atoms with Crippen LogP contribution < -0.4 is 5.32 Å². The van der Waals surface area contributed by atoms with E-state index in [1.165, 1.54) is 12.1 Å². The molecule has 1 aromatic heterocycles. The maximum Gasteiger partial charge on any atom is 0.270 e. The molecule has 0 radical (unpaired) electrons. The number of aromatic nitrogens is 2. The van der Waals surface area contributed by atoms with Crippen LogP contribution in [-0.2, 0) is 6.54 Å². The fourth-order valence-corrected chi connectivity index (χ4v) is 2.42. The summed E-state index contributed by atoms with van der Waals surface area (Å²) in [7, 11) is 0. The van der Waals surface area contributed by atoms with E-state index >= 15 is 0 Å². The fourth-order valence-electron chi connectivity index (χ4n) is 1.87. The molecule has 0 saturated carbocycles. The molecular weight excluding hydrogens is 336 g/mol. The van der Waals surface area contributed by atoms with E-state index in [1.54, 1.807) is 10.7 Å². The summed E-state index contributed by atoms with van der Waals surface area (Å²) in [6, 6.07) is 6.56. The number of hydrogen-bond donors (Lipinski definition) is 1. The minimum absolute atomic E-state index is 0.0524. The normalized spacial score (nSPS) is 11.0. The summed E-state index contributed by atoms with van der Waals surface area (Å²) in [5.41, 5.74) is 1.76. The lowest BCUT2D eigenvalue weighted by Crippen LogP contribution is -2.19. The summed E-state index contributed by atoms with van der Waals surface area (Å²) in [6.45, 7) is 5.95. The number of halogens is 1. The van der Waals surface area contributed by atoms with Gasteiger partial charge in [0.1, 0.15) is 0 Å². The van der Waals surface area contributed by atoms with E-state index in [2.05, 4.69) is 40.2 Å². The van der Waals surface area contributed by atoms with Gasteiger partial charge in [0.25, 0.3) is 5.69 Å². The number of hydrogen-bond acceptors (Lipinski definition) is 4. The van der Waals surface area contributed by atoms with Crippen LogP contribution >= 0.6 is 15.9 Å². The van der Waals surface area contributed by atoms with Gasteiger partial charge in [-0.25, -0.2) is 4.68 Å². The molecule has 6 nitrogen and oxygen atoms in total. The van der Waals surface area contributed by atoms with Crippen LogP contribution in [0.3, 0.4) is 0 Å². The molecule has 0 saturated heterocycles. The van der Waals surface area contributed by atoms with Gasteiger partial charge in [-0.2, -0.15) is 5.10 Å². The zero-order valence-electron chi connectivity index (χ0n) is 11.9. The van der Waals surface area contributed by atoms with Gasteiger partial charge in [-0.3, -0.25) is 10.1 Å². The van der Waals surface area contributed by atoms with Crippen molar-refractivity contribution in [1.29, 1.82) is 0 Å². The summed E-state index contributed by atoms with van der Waals surface area (Å²) in [6.07, 6.45) is 1.85. The van der Waals surface area contributed by atoms with Crippen molar-refractivity contribution in [2.75, 3.05) is 6.54 Å². The van der Waals surface area contributed by atoms with Gasteiger partial charge in [-0.15, -0.1) is 0 Å². The first-order chi connectivity index (χ1) is 9.97. The lowest BCUT2D eigenvalue weighted by atomic mass is 10.2. The van der Waals surface area contributed by atoms with E-state index in [0.29, 0.717) is 16.9 Å². The third-order valence-electron chi connectivity index (χ3n) is 2.89. The molecule has 2 rings (SSSR count). The van der Waals surface area contributed by atoms with E-state index in [9.17, 15) is 10.1 Å². The number of nitro groups is 1. The first-order valence-electron chi connectivity index (χ1n) is 6.67. The molecule has 112 valence electrons. The molecule has 0 aliphatic carbocycles. The van der Waals surface area contributed by atoms with E-state index < -0.39 is 4.92 Å². The Labute approximate surface area is 131 Å². The molecule has 0 amide bonds. The van der Waals surface area contributed by atoms with Crippen molar-refractivity contribution in [3.63, 3.8) is 0 Å². The Morgan fingerprint density at radius 2 is 2.19 bits per heavy atom. The monoisotopic (exact) mass is 352 g/mol. The van der Waals surface area contributed by atoms with Crippen LogP contribution in [0.15, 0.2) is 34.9 Å². The number of benzene rings is 1. The van der Waals surface area contributed by atoms with Crippen LogP contribution in [0.25, 0.3) is 5.69 Å². The highest BCUT2D eigenvalue weighted by atomic mass is 79.9. The Hall–Kier alpha value is -1.73. The van der Waals surface area contributed by atoms with Crippen molar-refractivity contribution in [3.8, 4) is 5.69 Å². The Morgan fingerprint density at radius 1 is 1.43 bits per heavy atom. The van der Waals surface area contributed by atoms with Crippen molar-refractivity contribution in [3.05, 3.63) is 50.7 Å². The van der Waals surface area contributed by atoms with Crippen LogP contribution in [0.1, 0.15) is 19.5 Å². The molecule has 7 heteroatoms. The molecule has 0 spiro atoms. The molecule has 0 aliphatic rings. The summed E-state index contributed by atoms with van der Waals surface area (Å²) in [5, 5.41) is 18.5. The average molecular weight is 353 g/mol. The van der Waals surface area contributed by atoms with Crippen molar-refractivity contribution in [2.45, 2.75) is 20.4 Å². The molecule has 1 aromatic carbocycles. The lowest BCUT2D eigenvalue weighted by molar-refractivity contribution is -0.384. The quantitative estimate of drug-likeness (QED) is 0.639. The van der Waals surface area contributed by atoms with E-state index in [4.69, 9.17) is 0 Å². The van der Waals surface area contributed by atoms with Gasteiger partial charge in [0.05, 0.1) is 20.8 Å². The molecule has 0 bridgehead atoms. The number of rotatable bonds is 6. The van der Waals surface area contributed by atoms with Gasteiger partial charge in [0.2, 0.25) is 0 Å². The lowest BCUT2D eigenvalue weighted by Gasteiger charge is -2.06. The van der Waals surface area contributed by atoms with Gasteiger partial charge >= 0.3 is 0 Å². The van der Waals surface area contributed by atoms with E-state index in [0.717, 1.165) is 17.9 Å². The highest BCUT2D eigenvalue weighted by molar-refractivity contribution is 9.10. The van der Waals surface area contributed by atoms with Gasteiger partial charge < -0.3 is 5.32 Å². The van der Waals surface area contributed by atoms with E-state index in [-0.39, 0.29) is 5.69 Å². The highest BCUT2D eigenvalue weighted by Crippen LogP contribution is 2.25. The molecule has 0 aliphatic heterocycles. The predicted octanol–water partition coefficient (Wildman–Crippen LogP) is 3.29. The maximum absolute atomic E-state index is 10.7. The SMILES string of the molecule is CC(C)CNCc1ccn(-c2ccc([N+](=O)[O-])cc2Br)n1. The molecule has 2 aromatic rings. The largest absolute Gasteiger partial charge is 0.311 e. The minimum atomic E-state index is -0.418. The number of nitrogens with one attached hydrogen (secondary N) is 1. The van der Waals surface area contributed by atoms with Crippen molar-refractivity contribution in [2.24, 2.45) is 5.92 Å². The second-order valence-corrected chi connectivity index (χ2v) is 6.02. The van der Waals surface area contributed by atoms with Crippen LogP contribution in [0.4, 0.5) is 5.69 Å². The van der Waals surface area contributed by atoms with Crippen LogP contribution in [0.5, 0.6) is 0 Å². The molecule has 0 fully saturated rings. The number of nitrogens with zero attached hydrogens (tertiary/aromatic N) is 3. The first-order valence-corrected chi connectivity index (χ1v) is 7.46. The third kappa shape index (κ3) is 4.12. The molecular formula is C14H17BrN4O2. The van der Waals surface area contributed by atoms with Gasteiger partial charge in [-0.1, -0.05) is 13.8 Å². The smallest absolute Gasteiger partial charge is 0.270 e.